The molecule has 0 aromatic carbocycles. The zero-order chi connectivity index (χ0) is 14.4. The molecule has 0 saturated heterocycles. The standard InChI is InChI=1S/C13H16ClN5S/c1-4-8-11-12(18(3)17-8)19(13(15)16-11)7(2)9-5-6-10(14)20-9/h5-7H,4H2,1-3H3,(H2,15,16). The quantitative estimate of drug-likeness (QED) is 0.808. The lowest BCUT2D eigenvalue weighted by Gasteiger charge is -2.14. The number of nitrogens with zero attached hydrogens (tertiary/aromatic N) is 4. The van der Waals surface area contributed by atoms with E-state index in [0.717, 1.165) is 32.5 Å². The summed E-state index contributed by atoms with van der Waals surface area (Å²) in [5.41, 5.74) is 8.94. The van der Waals surface area contributed by atoms with E-state index in [4.69, 9.17) is 17.3 Å². The van der Waals surface area contributed by atoms with Gasteiger partial charge < -0.3 is 5.73 Å². The summed E-state index contributed by atoms with van der Waals surface area (Å²) < 4.78 is 4.65. The summed E-state index contributed by atoms with van der Waals surface area (Å²) >= 11 is 7.59. The van der Waals surface area contributed by atoms with Gasteiger partial charge in [0.15, 0.2) is 5.65 Å². The molecule has 1 atom stereocenters. The number of nitrogen functional groups attached to an aromatic ring is 1. The molecule has 5 nitrogen and oxygen atoms in total. The van der Waals surface area contributed by atoms with Crippen molar-refractivity contribution in [2.45, 2.75) is 26.3 Å². The number of hydrogen-bond donors (Lipinski definition) is 1. The first-order valence-electron chi connectivity index (χ1n) is 6.47. The number of aromatic nitrogens is 4. The summed E-state index contributed by atoms with van der Waals surface area (Å²) in [6, 6.07) is 4.01. The van der Waals surface area contributed by atoms with Crippen LogP contribution >= 0.6 is 22.9 Å². The summed E-state index contributed by atoms with van der Waals surface area (Å²) in [4.78, 5) is 5.64. The van der Waals surface area contributed by atoms with Crippen LogP contribution in [0.15, 0.2) is 12.1 Å². The highest BCUT2D eigenvalue weighted by molar-refractivity contribution is 7.16. The van der Waals surface area contributed by atoms with Gasteiger partial charge in [-0.2, -0.15) is 5.10 Å². The largest absolute Gasteiger partial charge is 0.369 e. The number of aryl methyl sites for hydroxylation is 2. The smallest absolute Gasteiger partial charge is 0.203 e. The number of rotatable bonds is 3. The third-order valence-electron chi connectivity index (χ3n) is 3.49. The second-order valence-electron chi connectivity index (χ2n) is 4.75. The third-order valence-corrected chi connectivity index (χ3v) is 4.89. The summed E-state index contributed by atoms with van der Waals surface area (Å²) in [6.07, 6.45) is 0.840. The van der Waals surface area contributed by atoms with Gasteiger partial charge in [-0.3, -0.25) is 9.25 Å². The molecular formula is C13H16ClN5S. The molecule has 0 aliphatic heterocycles. The Hall–Kier alpha value is -1.53. The number of anilines is 1. The molecule has 106 valence electrons. The zero-order valence-electron chi connectivity index (χ0n) is 11.6. The molecule has 0 bridgehead atoms. The maximum absolute atomic E-state index is 6.12. The first-order valence-corrected chi connectivity index (χ1v) is 7.66. The lowest BCUT2D eigenvalue weighted by atomic mass is 10.2. The lowest BCUT2D eigenvalue weighted by Crippen LogP contribution is -2.11. The minimum atomic E-state index is 0.0811. The monoisotopic (exact) mass is 309 g/mol. The molecule has 0 aliphatic rings. The third kappa shape index (κ3) is 1.91. The molecule has 3 aromatic rings. The van der Waals surface area contributed by atoms with Crippen molar-refractivity contribution in [2.75, 3.05) is 5.73 Å². The average molecular weight is 310 g/mol. The van der Waals surface area contributed by atoms with E-state index in [1.807, 2.05) is 28.4 Å². The van der Waals surface area contributed by atoms with Crippen molar-refractivity contribution < 1.29 is 0 Å². The average Bonchev–Trinajstić information content (AvgIpc) is 3.05. The fourth-order valence-electron chi connectivity index (χ4n) is 2.52. The van der Waals surface area contributed by atoms with Gasteiger partial charge in [0.1, 0.15) is 5.52 Å². The van der Waals surface area contributed by atoms with Gasteiger partial charge in [0.25, 0.3) is 0 Å². The van der Waals surface area contributed by atoms with Crippen LogP contribution in [-0.4, -0.2) is 19.3 Å². The Morgan fingerprint density at radius 3 is 2.80 bits per heavy atom. The fraction of sp³-hybridized carbons (Fsp3) is 0.385. The van der Waals surface area contributed by atoms with Crippen LogP contribution in [-0.2, 0) is 13.5 Å². The van der Waals surface area contributed by atoms with E-state index in [1.165, 1.54) is 0 Å². The van der Waals surface area contributed by atoms with Crippen LogP contribution in [0.2, 0.25) is 4.34 Å². The number of thiophene rings is 1. The SMILES string of the molecule is CCc1nn(C)c2c1nc(N)n2C(C)c1ccc(Cl)s1. The summed E-state index contributed by atoms with van der Waals surface area (Å²) in [7, 11) is 1.92. The van der Waals surface area contributed by atoms with Gasteiger partial charge in [-0.1, -0.05) is 18.5 Å². The molecule has 3 aromatic heterocycles. The Balaban J connectivity index is 2.20. The molecule has 1 unspecified atom stereocenters. The minimum Gasteiger partial charge on any atom is -0.369 e. The Kier molecular flexibility index (Phi) is 3.22. The van der Waals surface area contributed by atoms with E-state index in [-0.39, 0.29) is 6.04 Å². The van der Waals surface area contributed by atoms with Crippen molar-refractivity contribution >= 4 is 40.0 Å². The Morgan fingerprint density at radius 2 is 2.20 bits per heavy atom. The van der Waals surface area contributed by atoms with Crippen molar-refractivity contribution in [3.8, 4) is 0 Å². The Morgan fingerprint density at radius 1 is 1.45 bits per heavy atom. The van der Waals surface area contributed by atoms with Crippen molar-refractivity contribution in [3.63, 3.8) is 0 Å². The topological polar surface area (TPSA) is 61.7 Å². The van der Waals surface area contributed by atoms with E-state index in [1.54, 1.807) is 11.3 Å². The van der Waals surface area contributed by atoms with Crippen LogP contribution in [0.4, 0.5) is 5.95 Å². The Bertz CT molecular complexity index is 769. The van der Waals surface area contributed by atoms with Crippen molar-refractivity contribution in [1.82, 2.24) is 19.3 Å². The second kappa shape index (κ2) is 4.79. The van der Waals surface area contributed by atoms with Crippen LogP contribution in [0, 0.1) is 0 Å². The molecule has 0 spiro atoms. The van der Waals surface area contributed by atoms with Gasteiger partial charge in [-0.25, -0.2) is 4.98 Å². The summed E-state index contributed by atoms with van der Waals surface area (Å²) in [5, 5.41) is 4.51. The van der Waals surface area contributed by atoms with Crippen molar-refractivity contribution in [3.05, 3.63) is 27.0 Å². The molecule has 0 saturated carbocycles. The maximum Gasteiger partial charge on any atom is 0.203 e. The van der Waals surface area contributed by atoms with Crippen LogP contribution in [0.25, 0.3) is 11.2 Å². The highest BCUT2D eigenvalue weighted by Gasteiger charge is 2.22. The zero-order valence-corrected chi connectivity index (χ0v) is 13.2. The van der Waals surface area contributed by atoms with Crippen LogP contribution in [0.1, 0.15) is 30.5 Å². The first-order chi connectivity index (χ1) is 9.52. The minimum absolute atomic E-state index is 0.0811. The van der Waals surface area contributed by atoms with E-state index >= 15 is 0 Å². The van der Waals surface area contributed by atoms with E-state index < -0.39 is 0 Å². The predicted molar refractivity (Wildman–Crippen MR) is 83.4 cm³/mol. The van der Waals surface area contributed by atoms with Gasteiger partial charge >= 0.3 is 0 Å². The molecule has 0 amide bonds. The number of halogens is 1. The second-order valence-corrected chi connectivity index (χ2v) is 6.50. The fourth-order valence-corrected chi connectivity index (χ4v) is 3.62. The van der Waals surface area contributed by atoms with Gasteiger partial charge in [0.2, 0.25) is 5.95 Å². The van der Waals surface area contributed by atoms with Crippen molar-refractivity contribution in [1.29, 1.82) is 0 Å². The molecule has 0 aliphatic carbocycles. The van der Waals surface area contributed by atoms with Gasteiger partial charge in [0, 0.05) is 11.9 Å². The molecule has 2 N–H and O–H groups in total. The van der Waals surface area contributed by atoms with Crippen LogP contribution in [0.3, 0.4) is 0 Å². The Labute approximate surface area is 126 Å². The number of hydrogen-bond acceptors (Lipinski definition) is 4. The molecular weight excluding hydrogens is 294 g/mol. The highest BCUT2D eigenvalue weighted by atomic mass is 35.5. The van der Waals surface area contributed by atoms with Gasteiger partial charge in [-0.15, -0.1) is 11.3 Å². The number of imidazole rings is 1. The van der Waals surface area contributed by atoms with Gasteiger partial charge in [-0.05, 0) is 25.5 Å². The van der Waals surface area contributed by atoms with Crippen LogP contribution < -0.4 is 5.73 Å². The molecule has 20 heavy (non-hydrogen) atoms. The first kappa shape index (κ1) is 13.5. The number of fused-ring (bicyclic) bond motifs is 1. The summed E-state index contributed by atoms with van der Waals surface area (Å²) in [5.74, 6) is 0.514. The van der Waals surface area contributed by atoms with Gasteiger partial charge in [0.05, 0.1) is 16.1 Å². The highest BCUT2D eigenvalue weighted by Crippen LogP contribution is 2.33. The summed E-state index contributed by atoms with van der Waals surface area (Å²) in [6.45, 7) is 4.16. The number of nitrogens with two attached hydrogens (primary N) is 1. The van der Waals surface area contributed by atoms with E-state index in [9.17, 15) is 0 Å². The van der Waals surface area contributed by atoms with Crippen molar-refractivity contribution in [2.24, 2.45) is 7.05 Å². The molecule has 0 fully saturated rings. The van der Waals surface area contributed by atoms with Crippen LogP contribution in [0.5, 0.6) is 0 Å². The molecule has 3 heterocycles. The normalized spacial score (nSPS) is 13.2. The molecule has 0 radical (unpaired) electrons. The predicted octanol–water partition coefficient (Wildman–Crippen LogP) is 3.24. The van der Waals surface area contributed by atoms with E-state index in [2.05, 4.69) is 23.9 Å². The van der Waals surface area contributed by atoms with E-state index in [0.29, 0.717) is 5.95 Å². The maximum atomic E-state index is 6.12. The molecule has 7 heteroatoms. The lowest BCUT2D eigenvalue weighted by molar-refractivity contribution is 0.644. The molecule has 3 rings (SSSR count).